The SMILES string of the molecule is Cc1nc2ccccc2nc1COC(=O)/C=C/c1ccc(OCC#N)cc1. The van der Waals surface area contributed by atoms with Crippen LogP contribution in [0, 0.1) is 18.3 Å². The predicted octanol–water partition coefficient (Wildman–Crippen LogP) is 3.60. The van der Waals surface area contributed by atoms with Gasteiger partial charge in [-0.2, -0.15) is 5.26 Å². The Balaban J connectivity index is 1.59. The van der Waals surface area contributed by atoms with Crippen LogP contribution in [-0.2, 0) is 16.1 Å². The van der Waals surface area contributed by atoms with Gasteiger partial charge >= 0.3 is 5.97 Å². The molecule has 0 amide bonds. The van der Waals surface area contributed by atoms with Crippen LogP contribution in [0.5, 0.6) is 5.75 Å². The highest BCUT2D eigenvalue weighted by molar-refractivity contribution is 5.87. The molecule has 2 aromatic carbocycles. The van der Waals surface area contributed by atoms with E-state index in [4.69, 9.17) is 14.7 Å². The maximum atomic E-state index is 12.0. The largest absolute Gasteiger partial charge is 0.479 e. The molecule has 0 spiro atoms. The third-order valence-electron chi connectivity index (χ3n) is 3.79. The van der Waals surface area contributed by atoms with Crippen LogP contribution < -0.4 is 4.74 Å². The average Bonchev–Trinajstić information content (AvgIpc) is 2.70. The van der Waals surface area contributed by atoms with Gasteiger partial charge in [-0.05, 0) is 42.8 Å². The van der Waals surface area contributed by atoms with Crippen LogP contribution in [0.25, 0.3) is 17.1 Å². The molecule has 0 aliphatic heterocycles. The summed E-state index contributed by atoms with van der Waals surface area (Å²) < 4.78 is 10.4. The Bertz CT molecular complexity index is 1020. The second-order valence-electron chi connectivity index (χ2n) is 5.70. The quantitative estimate of drug-likeness (QED) is 0.494. The van der Waals surface area contributed by atoms with Crippen molar-refractivity contribution in [1.82, 2.24) is 9.97 Å². The van der Waals surface area contributed by atoms with Gasteiger partial charge < -0.3 is 9.47 Å². The van der Waals surface area contributed by atoms with Crippen molar-refractivity contribution in [2.75, 3.05) is 6.61 Å². The Morgan fingerprint density at radius 1 is 1.11 bits per heavy atom. The lowest BCUT2D eigenvalue weighted by atomic mass is 10.2. The lowest BCUT2D eigenvalue weighted by Crippen LogP contribution is -2.05. The first-order chi connectivity index (χ1) is 13.2. The minimum absolute atomic E-state index is 0.00140. The molecule has 6 heteroatoms. The van der Waals surface area contributed by atoms with E-state index in [2.05, 4.69) is 9.97 Å². The molecule has 27 heavy (non-hydrogen) atoms. The monoisotopic (exact) mass is 359 g/mol. The van der Waals surface area contributed by atoms with Gasteiger partial charge in [0.2, 0.25) is 0 Å². The summed E-state index contributed by atoms with van der Waals surface area (Å²) in [6.45, 7) is 1.90. The summed E-state index contributed by atoms with van der Waals surface area (Å²) in [4.78, 5) is 20.9. The minimum atomic E-state index is -0.464. The number of esters is 1. The van der Waals surface area contributed by atoms with Crippen molar-refractivity contribution in [3.63, 3.8) is 0 Å². The number of rotatable bonds is 6. The zero-order valence-corrected chi connectivity index (χ0v) is 14.8. The third kappa shape index (κ3) is 4.89. The number of aromatic nitrogens is 2. The fraction of sp³-hybridized carbons (Fsp3) is 0.143. The smallest absolute Gasteiger partial charge is 0.331 e. The van der Waals surface area contributed by atoms with Crippen LogP contribution in [0.1, 0.15) is 17.0 Å². The number of hydrogen-bond donors (Lipinski definition) is 0. The Hall–Kier alpha value is -3.72. The number of aryl methyl sites for hydroxylation is 1. The van der Waals surface area contributed by atoms with Gasteiger partial charge in [0.05, 0.1) is 22.4 Å². The summed E-state index contributed by atoms with van der Waals surface area (Å²) >= 11 is 0. The molecular weight excluding hydrogens is 342 g/mol. The van der Waals surface area contributed by atoms with Gasteiger partial charge in [0, 0.05) is 6.08 Å². The number of para-hydroxylation sites is 2. The number of fused-ring (bicyclic) bond motifs is 1. The van der Waals surface area contributed by atoms with E-state index in [1.165, 1.54) is 6.08 Å². The van der Waals surface area contributed by atoms with E-state index in [1.807, 2.05) is 37.3 Å². The Labute approximate surface area is 156 Å². The van der Waals surface area contributed by atoms with Crippen molar-refractivity contribution in [3.8, 4) is 11.8 Å². The number of ether oxygens (including phenoxy) is 2. The summed E-state index contributed by atoms with van der Waals surface area (Å²) in [6.07, 6.45) is 3.00. The van der Waals surface area contributed by atoms with Gasteiger partial charge in [0.1, 0.15) is 18.4 Å². The zero-order chi connectivity index (χ0) is 19.1. The first-order valence-corrected chi connectivity index (χ1v) is 8.32. The normalized spacial score (nSPS) is 10.7. The topological polar surface area (TPSA) is 85.1 Å². The van der Waals surface area contributed by atoms with E-state index in [-0.39, 0.29) is 13.2 Å². The number of carbonyl (C=O) groups is 1. The lowest BCUT2D eigenvalue weighted by molar-refractivity contribution is -0.139. The molecule has 0 aliphatic rings. The summed E-state index contributed by atoms with van der Waals surface area (Å²) in [5, 5.41) is 8.48. The second kappa shape index (κ2) is 8.59. The molecule has 0 aliphatic carbocycles. The van der Waals surface area contributed by atoms with Crippen LogP contribution in [0.3, 0.4) is 0 Å². The molecule has 0 bridgehead atoms. The number of carbonyl (C=O) groups excluding carboxylic acids is 1. The number of nitriles is 1. The van der Waals surface area contributed by atoms with E-state index in [0.717, 1.165) is 22.3 Å². The number of benzene rings is 2. The average molecular weight is 359 g/mol. The zero-order valence-electron chi connectivity index (χ0n) is 14.8. The Morgan fingerprint density at radius 3 is 2.52 bits per heavy atom. The first-order valence-electron chi connectivity index (χ1n) is 8.32. The predicted molar refractivity (Wildman–Crippen MR) is 101 cm³/mol. The van der Waals surface area contributed by atoms with E-state index < -0.39 is 5.97 Å². The van der Waals surface area contributed by atoms with E-state index in [1.54, 1.807) is 30.3 Å². The highest BCUT2D eigenvalue weighted by Crippen LogP contribution is 2.14. The van der Waals surface area contributed by atoms with Crippen molar-refractivity contribution in [2.24, 2.45) is 0 Å². The maximum Gasteiger partial charge on any atom is 0.331 e. The van der Waals surface area contributed by atoms with Gasteiger partial charge in [-0.15, -0.1) is 0 Å². The molecule has 1 heterocycles. The van der Waals surface area contributed by atoms with Gasteiger partial charge in [-0.25, -0.2) is 14.8 Å². The lowest BCUT2D eigenvalue weighted by Gasteiger charge is -2.06. The van der Waals surface area contributed by atoms with E-state index in [9.17, 15) is 4.79 Å². The van der Waals surface area contributed by atoms with Gasteiger partial charge in [-0.3, -0.25) is 0 Å². The molecule has 3 rings (SSSR count). The van der Waals surface area contributed by atoms with Crippen LogP contribution >= 0.6 is 0 Å². The van der Waals surface area contributed by atoms with E-state index in [0.29, 0.717) is 11.4 Å². The minimum Gasteiger partial charge on any atom is -0.479 e. The second-order valence-corrected chi connectivity index (χ2v) is 5.70. The molecule has 0 atom stereocenters. The number of hydrogen-bond acceptors (Lipinski definition) is 6. The van der Waals surface area contributed by atoms with Crippen molar-refractivity contribution in [2.45, 2.75) is 13.5 Å². The maximum absolute atomic E-state index is 12.0. The highest BCUT2D eigenvalue weighted by atomic mass is 16.5. The molecule has 134 valence electrons. The molecule has 1 aromatic heterocycles. The van der Waals surface area contributed by atoms with Gasteiger partial charge in [0.25, 0.3) is 0 Å². The fourth-order valence-corrected chi connectivity index (χ4v) is 2.40. The number of nitrogens with zero attached hydrogens (tertiary/aromatic N) is 3. The summed E-state index contributed by atoms with van der Waals surface area (Å²) in [6, 6.07) is 16.5. The molecule has 0 N–H and O–H groups in total. The molecule has 0 saturated heterocycles. The van der Waals surface area contributed by atoms with Crippen molar-refractivity contribution in [1.29, 1.82) is 5.26 Å². The molecule has 0 radical (unpaired) electrons. The Kier molecular flexibility index (Phi) is 5.75. The van der Waals surface area contributed by atoms with Gasteiger partial charge in [-0.1, -0.05) is 24.3 Å². The highest BCUT2D eigenvalue weighted by Gasteiger charge is 2.07. The van der Waals surface area contributed by atoms with Crippen molar-refractivity contribution < 1.29 is 14.3 Å². The summed E-state index contributed by atoms with van der Waals surface area (Å²) in [5.74, 6) is 0.135. The van der Waals surface area contributed by atoms with Crippen LogP contribution in [-0.4, -0.2) is 22.5 Å². The third-order valence-corrected chi connectivity index (χ3v) is 3.79. The fourth-order valence-electron chi connectivity index (χ4n) is 2.40. The van der Waals surface area contributed by atoms with E-state index >= 15 is 0 Å². The molecular formula is C21H17N3O3. The molecule has 6 nitrogen and oxygen atoms in total. The molecule has 0 unspecified atom stereocenters. The summed E-state index contributed by atoms with van der Waals surface area (Å²) in [7, 11) is 0. The van der Waals surface area contributed by atoms with Crippen molar-refractivity contribution in [3.05, 3.63) is 71.6 Å². The molecule has 3 aromatic rings. The molecule has 0 fully saturated rings. The van der Waals surface area contributed by atoms with Crippen LogP contribution in [0.15, 0.2) is 54.6 Å². The Morgan fingerprint density at radius 2 is 1.81 bits per heavy atom. The molecule has 0 saturated carbocycles. The standard InChI is InChI=1S/C21H17N3O3/c1-15-20(24-19-5-3-2-4-18(19)23-15)14-27-21(25)11-8-16-6-9-17(10-7-16)26-13-12-22/h2-11H,13-14H2,1H3/b11-8+. The summed E-state index contributed by atoms with van der Waals surface area (Å²) in [5.41, 5.74) is 3.77. The van der Waals surface area contributed by atoms with Gasteiger partial charge in [0.15, 0.2) is 6.61 Å². The van der Waals surface area contributed by atoms with Crippen LogP contribution in [0.4, 0.5) is 0 Å². The van der Waals surface area contributed by atoms with Crippen molar-refractivity contribution >= 4 is 23.1 Å². The van der Waals surface area contributed by atoms with Crippen LogP contribution in [0.2, 0.25) is 0 Å². The first kappa shape index (κ1) is 18.1.